The number of amides is 1. The number of benzene rings is 1. The maximum absolute atomic E-state index is 12.4. The Hall–Kier alpha value is -2.26. The van der Waals surface area contributed by atoms with E-state index in [1.165, 1.54) is 0 Å². The van der Waals surface area contributed by atoms with Crippen LogP contribution < -0.4 is 15.8 Å². The molecule has 3 rings (SSSR count). The fourth-order valence-electron chi connectivity index (χ4n) is 3.48. The van der Waals surface area contributed by atoms with E-state index in [4.69, 9.17) is 0 Å². The molecule has 2 aromatic rings. The molecule has 1 aliphatic heterocycles. The van der Waals surface area contributed by atoms with Crippen molar-refractivity contribution in [1.82, 2.24) is 15.3 Å². The SMILES string of the molecule is CC[NH+](CC(=O)N[C@]1(C)CCS(=O)(=O)C1)Cc1nc2ccccc2c(=O)[nH]1. The van der Waals surface area contributed by atoms with E-state index >= 15 is 0 Å². The zero-order valence-corrected chi connectivity index (χ0v) is 16.4. The van der Waals surface area contributed by atoms with E-state index < -0.39 is 15.4 Å². The van der Waals surface area contributed by atoms with Crippen LogP contribution in [-0.2, 0) is 21.2 Å². The van der Waals surface area contributed by atoms with Crippen LogP contribution in [0, 0.1) is 0 Å². The average Bonchev–Trinajstić information content (AvgIpc) is 2.87. The van der Waals surface area contributed by atoms with Gasteiger partial charge in [-0.1, -0.05) is 12.1 Å². The number of rotatable bonds is 6. The number of nitrogens with one attached hydrogen (secondary N) is 3. The Kier molecular flexibility index (Phi) is 5.34. The number of sulfone groups is 1. The Bertz CT molecular complexity index is 1020. The van der Waals surface area contributed by atoms with Crippen molar-refractivity contribution >= 4 is 26.6 Å². The smallest absolute Gasteiger partial charge is 0.275 e. The number of likely N-dealkylation sites (N-methyl/N-ethyl adjacent to an activating group) is 1. The zero-order chi connectivity index (χ0) is 19.7. The number of aromatic amines is 1. The van der Waals surface area contributed by atoms with Crippen LogP contribution in [0.25, 0.3) is 10.9 Å². The van der Waals surface area contributed by atoms with Crippen molar-refractivity contribution in [3.05, 3.63) is 40.4 Å². The minimum Gasteiger partial charge on any atom is -0.345 e. The largest absolute Gasteiger partial charge is 0.345 e. The number of H-pyrrole nitrogens is 1. The van der Waals surface area contributed by atoms with Gasteiger partial charge in [-0.15, -0.1) is 0 Å². The third-order valence-corrected chi connectivity index (χ3v) is 6.84. The van der Waals surface area contributed by atoms with Gasteiger partial charge < -0.3 is 15.2 Å². The summed E-state index contributed by atoms with van der Waals surface area (Å²) in [6.07, 6.45) is 0.433. The van der Waals surface area contributed by atoms with Gasteiger partial charge in [0.05, 0.1) is 34.5 Å². The standard InChI is InChI=1S/C18H24N4O4S/c1-3-22(11-16(23)21-18(2)8-9-27(25,26)12-18)10-15-19-14-7-5-4-6-13(14)17(24)20-15/h4-7H,3,8-12H2,1-2H3,(H,21,23)(H,19,20,24)/p+1/t18-/m1/s1. The predicted octanol–water partition coefficient (Wildman–Crippen LogP) is -0.979. The highest BCUT2D eigenvalue weighted by Crippen LogP contribution is 2.22. The highest BCUT2D eigenvalue weighted by atomic mass is 32.2. The highest BCUT2D eigenvalue weighted by molar-refractivity contribution is 7.91. The molecule has 1 aliphatic rings. The molecule has 9 heteroatoms. The number of nitrogens with zero attached hydrogens (tertiary/aromatic N) is 1. The Morgan fingerprint density at radius 1 is 1.37 bits per heavy atom. The molecule has 0 spiro atoms. The summed E-state index contributed by atoms with van der Waals surface area (Å²) >= 11 is 0. The molecule has 0 saturated carbocycles. The summed E-state index contributed by atoms with van der Waals surface area (Å²) in [5, 5.41) is 3.41. The van der Waals surface area contributed by atoms with Gasteiger partial charge in [0.25, 0.3) is 11.5 Å². The lowest BCUT2D eigenvalue weighted by atomic mass is 10.0. The van der Waals surface area contributed by atoms with E-state index in [1.807, 2.05) is 13.0 Å². The molecule has 146 valence electrons. The molecule has 1 amide bonds. The normalized spacial score (nSPS) is 22.6. The molecule has 0 bridgehead atoms. The number of carbonyl (C=O) groups excluding carboxylic acids is 1. The number of hydrogen-bond acceptors (Lipinski definition) is 5. The molecular formula is C18H25N4O4S+. The van der Waals surface area contributed by atoms with Gasteiger partial charge in [-0.25, -0.2) is 13.4 Å². The molecule has 8 nitrogen and oxygen atoms in total. The van der Waals surface area contributed by atoms with Crippen molar-refractivity contribution in [2.45, 2.75) is 32.4 Å². The molecular weight excluding hydrogens is 368 g/mol. The second-order valence-electron chi connectivity index (χ2n) is 7.44. The summed E-state index contributed by atoms with van der Waals surface area (Å²) in [6, 6.07) is 7.12. The number of quaternary nitrogens is 1. The lowest BCUT2D eigenvalue weighted by Crippen LogP contribution is -3.11. The first-order valence-corrected chi connectivity index (χ1v) is 10.8. The van der Waals surface area contributed by atoms with Gasteiger partial charge in [0.1, 0.15) is 6.54 Å². The molecule has 1 aromatic carbocycles. The summed E-state index contributed by atoms with van der Waals surface area (Å²) in [6.45, 7) is 4.97. The Balaban J connectivity index is 1.67. The van der Waals surface area contributed by atoms with Crippen molar-refractivity contribution in [3.8, 4) is 0 Å². The van der Waals surface area contributed by atoms with Crippen molar-refractivity contribution in [2.75, 3.05) is 24.6 Å². The minimum absolute atomic E-state index is 0.0211. The summed E-state index contributed by atoms with van der Waals surface area (Å²) in [5.41, 5.74) is -0.274. The molecule has 0 radical (unpaired) electrons. The fourth-order valence-corrected chi connectivity index (χ4v) is 5.58. The van der Waals surface area contributed by atoms with E-state index in [0.29, 0.717) is 36.2 Å². The van der Waals surface area contributed by atoms with Crippen molar-refractivity contribution in [1.29, 1.82) is 0 Å². The molecule has 1 aromatic heterocycles. The topological polar surface area (TPSA) is 113 Å². The summed E-state index contributed by atoms with van der Waals surface area (Å²) in [5.74, 6) is 0.413. The molecule has 1 unspecified atom stereocenters. The van der Waals surface area contributed by atoms with Gasteiger partial charge in [-0.3, -0.25) is 9.59 Å². The van der Waals surface area contributed by atoms with Gasteiger partial charge in [-0.05, 0) is 32.4 Å². The number of para-hydroxylation sites is 1. The first-order valence-electron chi connectivity index (χ1n) is 9.03. The monoisotopic (exact) mass is 393 g/mol. The van der Waals surface area contributed by atoms with Crippen LogP contribution in [0.1, 0.15) is 26.1 Å². The molecule has 2 heterocycles. The number of aromatic nitrogens is 2. The van der Waals surface area contributed by atoms with Crippen molar-refractivity contribution in [3.63, 3.8) is 0 Å². The van der Waals surface area contributed by atoms with E-state index in [1.54, 1.807) is 25.1 Å². The summed E-state index contributed by atoms with van der Waals surface area (Å²) in [7, 11) is -3.08. The second kappa shape index (κ2) is 7.40. The highest BCUT2D eigenvalue weighted by Gasteiger charge is 2.39. The molecule has 1 saturated heterocycles. The van der Waals surface area contributed by atoms with Gasteiger partial charge in [0, 0.05) is 0 Å². The second-order valence-corrected chi connectivity index (χ2v) is 9.62. The lowest BCUT2D eigenvalue weighted by Gasteiger charge is -2.25. The van der Waals surface area contributed by atoms with Crippen LogP contribution >= 0.6 is 0 Å². The quantitative estimate of drug-likeness (QED) is 0.584. The molecule has 27 heavy (non-hydrogen) atoms. The molecule has 3 N–H and O–H groups in total. The molecule has 0 aliphatic carbocycles. The fraction of sp³-hybridized carbons (Fsp3) is 0.500. The van der Waals surface area contributed by atoms with E-state index in [0.717, 1.165) is 4.90 Å². The van der Waals surface area contributed by atoms with Gasteiger partial charge >= 0.3 is 0 Å². The van der Waals surface area contributed by atoms with E-state index in [-0.39, 0.29) is 29.5 Å². The maximum atomic E-state index is 12.4. The zero-order valence-electron chi connectivity index (χ0n) is 15.5. The van der Waals surface area contributed by atoms with E-state index in [9.17, 15) is 18.0 Å². The Morgan fingerprint density at radius 2 is 2.11 bits per heavy atom. The van der Waals surface area contributed by atoms with Gasteiger partial charge in [0.15, 0.2) is 22.2 Å². The first-order chi connectivity index (χ1) is 12.7. The van der Waals surface area contributed by atoms with Crippen LogP contribution in [0.4, 0.5) is 0 Å². The third-order valence-electron chi connectivity index (χ3n) is 4.93. The average molecular weight is 393 g/mol. The third kappa shape index (κ3) is 4.72. The number of hydrogen-bond donors (Lipinski definition) is 3. The van der Waals surface area contributed by atoms with Crippen molar-refractivity contribution in [2.24, 2.45) is 0 Å². The Morgan fingerprint density at radius 3 is 2.78 bits per heavy atom. The van der Waals surface area contributed by atoms with Crippen molar-refractivity contribution < 1.29 is 18.1 Å². The van der Waals surface area contributed by atoms with Gasteiger partial charge in [0.2, 0.25) is 0 Å². The van der Waals surface area contributed by atoms with Gasteiger partial charge in [-0.2, -0.15) is 0 Å². The van der Waals surface area contributed by atoms with Crippen LogP contribution in [0.15, 0.2) is 29.1 Å². The lowest BCUT2D eigenvalue weighted by molar-refractivity contribution is -0.904. The number of fused-ring (bicyclic) bond motifs is 1. The van der Waals surface area contributed by atoms with E-state index in [2.05, 4.69) is 15.3 Å². The summed E-state index contributed by atoms with van der Waals surface area (Å²) in [4.78, 5) is 32.8. The van der Waals surface area contributed by atoms with Crippen LogP contribution in [0.5, 0.6) is 0 Å². The van der Waals surface area contributed by atoms with Crippen LogP contribution in [-0.4, -0.2) is 54.4 Å². The molecule has 2 atom stereocenters. The van der Waals surface area contributed by atoms with Crippen LogP contribution in [0.3, 0.4) is 0 Å². The predicted molar refractivity (Wildman–Crippen MR) is 102 cm³/mol. The maximum Gasteiger partial charge on any atom is 0.275 e. The Labute approximate surface area is 157 Å². The first kappa shape index (κ1) is 19.5. The summed E-state index contributed by atoms with van der Waals surface area (Å²) < 4.78 is 23.4. The minimum atomic E-state index is -3.08. The molecule has 1 fully saturated rings. The number of carbonyl (C=O) groups is 1. The van der Waals surface area contributed by atoms with Crippen LogP contribution in [0.2, 0.25) is 0 Å².